The Balaban J connectivity index is 1.13. The summed E-state index contributed by atoms with van der Waals surface area (Å²) in [5.41, 5.74) is -0.0909. The number of piperidine rings is 2. The van der Waals surface area contributed by atoms with Crippen molar-refractivity contribution in [3.63, 3.8) is 0 Å². The van der Waals surface area contributed by atoms with Crippen molar-refractivity contribution in [1.82, 2.24) is 20.6 Å². The lowest BCUT2D eigenvalue weighted by atomic mass is 10.1. The zero-order valence-corrected chi connectivity index (χ0v) is 22.4. The summed E-state index contributed by atoms with van der Waals surface area (Å²) >= 11 is 0. The van der Waals surface area contributed by atoms with Crippen LogP contribution >= 0.6 is 0 Å². The van der Waals surface area contributed by atoms with E-state index < -0.39 is 23.5 Å². The van der Waals surface area contributed by atoms with E-state index >= 15 is 0 Å². The van der Waals surface area contributed by atoms with Gasteiger partial charge in [0.25, 0.3) is 11.9 Å². The molecule has 0 radical (unpaired) electrons. The van der Waals surface area contributed by atoms with Crippen molar-refractivity contribution in [3.05, 3.63) is 65.7 Å². The van der Waals surface area contributed by atoms with E-state index in [4.69, 9.17) is 4.42 Å². The third-order valence-electron chi connectivity index (χ3n) is 7.17. The van der Waals surface area contributed by atoms with Gasteiger partial charge in [-0.15, -0.1) is 0 Å². The Kier molecular flexibility index (Phi) is 8.60. The summed E-state index contributed by atoms with van der Waals surface area (Å²) in [5.74, 6) is -1.25. The summed E-state index contributed by atoms with van der Waals surface area (Å²) in [5, 5.41) is 8.31. The van der Waals surface area contributed by atoms with Crippen LogP contribution in [0.3, 0.4) is 0 Å². The standard InChI is InChI=1S/C28H32F3N7O3/c29-28(30,31)24-23(41-27(36-24)38-13-5-2-6-14-38)25(39)34-21-9-10-22(32-18-21)37-15-11-20(12-16-37)35-26(40)33-17-19-7-3-1-4-8-19/h1,3-4,7-10,18,20H,2,5-6,11-17H2,(H,34,39)(H2,33,35,40). The highest BCUT2D eigenvalue weighted by Crippen LogP contribution is 2.35. The van der Waals surface area contributed by atoms with Crippen molar-refractivity contribution >= 4 is 29.5 Å². The normalized spacial score (nSPS) is 16.4. The highest BCUT2D eigenvalue weighted by atomic mass is 19.4. The highest BCUT2D eigenvalue weighted by Gasteiger charge is 2.42. The third-order valence-corrected chi connectivity index (χ3v) is 7.17. The number of hydrogen-bond donors (Lipinski definition) is 3. The van der Waals surface area contributed by atoms with Crippen molar-refractivity contribution in [1.29, 1.82) is 0 Å². The number of nitrogens with one attached hydrogen (secondary N) is 3. The van der Waals surface area contributed by atoms with Gasteiger partial charge in [-0.2, -0.15) is 18.2 Å². The quantitative estimate of drug-likeness (QED) is 0.373. The number of carbonyl (C=O) groups excluding carboxylic acids is 2. The molecule has 1 aromatic carbocycles. The minimum absolute atomic E-state index is 0.0279. The van der Waals surface area contributed by atoms with Crippen molar-refractivity contribution < 1.29 is 27.2 Å². The number of pyridine rings is 1. The molecule has 3 N–H and O–H groups in total. The van der Waals surface area contributed by atoms with Gasteiger partial charge in [-0.05, 0) is 49.8 Å². The molecule has 41 heavy (non-hydrogen) atoms. The van der Waals surface area contributed by atoms with Crippen molar-refractivity contribution in [2.45, 2.75) is 50.9 Å². The Morgan fingerprint density at radius 1 is 0.951 bits per heavy atom. The van der Waals surface area contributed by atoms with Crippen LogP contribution in [0, 0.1) is 0 Å². The van der Waals surface area contributed by atoms with Gasteiger partial charge >= 0.3 is 12.2 Å². The minimum atomic E-state index is -4.84. The lowest BCUT2D eigenvalue weighted by Crippen LogP contribution is -2.48. The highest BCUT2D eigenvalue weighted by molar-refractivity contribution is 6.03. The van der Waals surface area contributed by atoms with Crippen LogP contribution in [-0.4, -0.2) is 54.1 Å². The minimum Gasteiger partial charge on any atom is -0.417 e. The van der Waals surface area contributed by atoms with Crippen LogP contribution in [0.25, 0.3) is 0 Å². The molecule has 0 bridgehead atoms. The number of hydrogen-bond acceptors (Lipinski definition) is 7. The molecular formula is C28H32F3N7O3. The second-order valence-electron chi connectivity index (χ2n) is 10.2. The third kappa shape index (κ3) is 7.27. The van der Waals surface area contributed by atoms with Crippen molar-refractivity contribution in [2.75, 3.05) is 41.3 Å². The van der Waals surface area contributed by atoms with Gasteiger partial charge in [0.2, 0.25) is 5.76 Å². The first-order valence-electron chi connectivity index (χ1n) is 13.7. The zero-order valence-electron chi connectivity index (χ0n) is 22.4. The van der Waals surface area contributed by atoms with Crippen molar-refractivity contribution in [3.8, 4) is 0 Å². The van der Waals surface area contributed by atoms with Gasteiger partial charge in [-0.1, -0.05) is 30.3 Å². The number of alkyl halides is 3. The lowest BCUT2D eigenvalue weighted by molar-refractivity contribution is -0.141. The Bertz CT molecular complexity index is 1320. The SMILES string of the molecule is O=C(NCc1ccccc1)NC1CCN(c2ccc(NC(=O)c3oc(N4CCCCC4)nc3C(F)(F)F)cn2)CC1. The monoisotopic (exact) mass is 571 g/mol. The zero-order chi connectivity index (χ0) is 28.8. The molecule has 10 nitrogen and oxygen atoms in total. The molecule has 13 heteroatoms. The number of halogens is 3. The summed E-state index contributed by atoms with van der Waals surface area (Å²) in [7, 11) is 0. The van der Waals surface area contributed by atoms with E-state index in [1.54, 1.807) is 17.0 Å². The van der Waals surface area contributed by atoms with Gasteiger partial charge in [-0.3, -0.25) is 4.79 Å². The topological polar surface area (TPSA) is 116 Å². The van der Waals surface area contributed by atoms with Crippen LogP contribution in [-0.2, 0) is 12.7 Å². The molecule has 0 spiro atoms. The first-order chi connectivity index (χ1) is 19.8. The number of benzene rings is 1. The molecule has 2 saturated heterocycles. The van der Waals surface area contributed by atoms with Gasteiger partial charge in [0.15, 0.2) is 5.69 Å². The molecule has 5 rings (SSSR count). The Morgan fingerprint density at radius 3 is 2.34 bits per heavy atom. The summed E-state index contributed by atoms with van der Waals surface area (Å²) in [4.78, 5) is 36.7. The molecule has 2 fully saturated rings. The molecule has 2 aliphatic heterocycles. The van der Waals surface area contributed by atoms with Gasteiger partial charge in [0, 0.05) is 38.8 Å². The molecule has 3 amide bonds. The van der Waals surface area contributed by atoms with Crippen LogP contribution in [0.4, 0.5) is 35.5 Å². The van der Waals surface area contributed by atoms with E-state index in [0.29, 0.717) is 38.5 Å². The van der Waals surface area contributed by atoms with Crippen LogP contribution in [0.1, 0.15) is 53.9 Å². The Hall–Kier alpha value is -4.29. The first-order valence-corrected chi connectivity index (χ1v) is 13.7. The van der Waals surface area contributed by atoms with E-state index in [0.717, 1.165) is 37.7 Å². The van der Waals surface area contributed by atoms with Crippen LogP contribution in [0.5, 0.6) is 0 Å². The molecule has 0 atom stereocenters. The summed E-state index contributed by atoms with van der Waals surface area (Å²) in [6, 6.07) is 12.6. The number of anilines is 3. The van der Waals surface area contributed by atoms with E-state index in [1.807, 2.05) is 30.3 Å². The average molecular weight is 572 g/mol. The first kappa shape index (κ1) is 28.2. The molecule has 0 saturated carbocycles. The Labute approximate surface area is 235 Å². The van der Waals surface area contributed by atoms with E-state index in [2.05, 4.69) is 30.8 Å². The summed E-state index contributed by atoms with van der Waals surface area (Å²) < 4.78 is 46.2. The molecular weight excluding hydrogens is 539 g/mol. The van der Waals surface area contributed by atoms with E-state index in [-0.39, 0.29) is 23.8 Å². The van der Waals surface area contributed by atoms with Crippen molar-refractivity contribution in [2.24, 2.45) is 0 Å². The van der Waals surface area contributed by atoms with Gasteiger partial charge in [0.1, 0.15) is 5.82 Å². The summed E-state index contributed by atoms with van der Waals surface area (Å²) in [6.45, 7) is 2.83. The predicted molar refractivity (Wildman–Crippen MR) is 147 cm³/mol. The molecule has 0 unspecified atom stereocenters. The van der Waals surface area contributed by atoms with Crippen LogP contribution < -0.4 is 25.8 Å². The van der Waals surface area contributed by atoms with Crippen LogP contribution in [0.2, 0.25) is 0 Å². The van der Waals surface area contributed by atoms with Crippen LogP contribution in [0.15, 0.2) is 53.1 Å². The van der Waals surface area contributed by atoms with E-state index in [1.165, 1.54) is 6.20 Å². The fraction of sp³-hybridized carbons (Fsp3) is 0.429. The number of urea groups is 1. The van der Waals surface area contributed by atoms with Gasteiger partial charge in [0.05, 0.1) is 11.9 Å². The Morgan fingerprint density at radius 2 is 1.68 bits per heavy atom. The molecule has 3 aromatic rings. The molecule has 2 aliphatic rings. The molecule has 4 heterocycles. The number of oxazole rings is 1. The predicted octanol–water partition coefficient (Wildman–Crippen LogP) is 4.80. The van der Waals surface area contributed by atoms with Gasteiger partial charge in [-0.25, -0.2) is 9.78 Å². The number of carbonyl (C=O) groups is 2. The largest absolute Gasteiger partial charge is 0.437 e. The smallest absolute Gasteiger partial charge is 0.417 e. The number of aromatic nitrogens is 2. The second-order valence-corrected chi connectivity index (χ2v) is 10.2. The maximum atomic E-state index is 13.6. The summed E-state index contributed by atoms with van der Waals surface area (Å²) in [6.07, 6.45) is 0.637. The lowest BCUT2D eigenvalue weighted by Gasteiger charge is -2.33. The maximum absolute atomic E-state index is 13.6. The number of rotatable bonds is 7. The molecule has 0 aliphatic carbocycles. The number of amides is 3. The molecule has 218 valence electrons. The average Bonchev–Trinajstić information content (AvgIpc) is 3.45. The fourth-order valence-electron chi connectivity index (χ4n) is 4.98. The fourth-order valence-corrected chi connectivity index (χ4v) is 4.98. The second kappa shape index (κ2) is 12.5. The molecule has 2 aromatic heterocycles. The maximum Gasteiger partial charge on any atom is 0.437 e. The van der Waals surface area contributed by atoms with E-state index in [9.17, 15) is 22.8 Å². The number of nitrogens with zero attached hydrogens (tertiary/aromatic N) is 4. The van der Waals surface area contributed by atoms with Gasteiger partial charge < -0.3 is 30.2 Å².